The van der Waals surface area contributed by atoms with Crippen molar-refractivity contribution in [3.05, 3.63) is 77.9 Å². The van der Waals surface area contributed by atoms with E-state index in [2.05, 4.69) is 30.2 Å². The Labute approximate surface area is 166 Å². The zero-order chi connectivity index (χ0) is 20.3. The van der Waals surface area contributed by atoms with Crippen LogP contribution in [0.15, 0.2) is 61.2 Å². The van der Waals surface area contributed by atoms with Crippen molar-refractivity contribution in [2.75, 3.05) is 19.6 Å². The molecular weight excluding hydrogens is 352 g/mol. The molecule has 0 aliphatic carbocycles. The largest absolute Gasteiger partial charge is 0.508 e. The second-order valence-corrected chi connectivity index (χ2v) is 7.56. The Hall–Kier alpha value is -2.63. The number of carboxylic acid groups (broad SMARTS) is 1. The summed E-state index contributed by atoms with van der Waals surface area (Å²) in [5.41, 5.74) is 2.29. The van der Waals surface area contributed by atoms with Gasteiger partial charge in [0, 0.05) is 31.7 Å². The summed E-state index contributed by atoms with van der Waals surface area (Å²) in [6.45, 7) is 11.0. The van der Waals surface area contributed by atoms with Crippen molar-refractivity contribution < 1.29 is 15.0 Å². The number of hydrogen-bond acceptors (Lipinski definition) is 4. The van der Waals surface area contributed by atoms with Gasteiger partial charge in [-0.15, -0.1) is 6.58 Å². The van der Waals surface area contributed by atoms with Crippen molar-refractivity contribution in [1.29, 1.82) is 0 Å². The van der Waals surface area contributed by atoms with Crippen LogP contribution in [-0.4, -0.2) is 57.7 Å². The molecule has 1 aliphatic heterocycles. The molecule has 0 amide bonds. The predicted octanol–water partition coefficient (Wildman–Crippen LogP) is 3.76. The highest BCUT2D eigenvalue weighted by molar-refractivity contribution is 5.87. The Morgan fingerprint density at radius 1 is 1.14 bits per heavy atom. The van der Waals surface area contributed by atoms with Crippen LogP contribution in [0.3, 0.4) is 0 Å². The smallest absolute Gasteiger partial charge is 0.335 e. The molecule has 2 aromatic carbocycles. The highest BCUT2D eigenvalue weighted by Crippen LogP contribution is 2.34. The minimum absolute atomic E-state index is 0.0572. The zero-order valence-electron chi connectivity index (χ0n) is 16.5. The van der Waals surface area contributed by atoms with E-state index in [9.17, 15) is 15.0 Å². The molecule has 2 aromatic rings. The number of aromatic carboxylic acids is 1. The van der Waals surface area contributed by atoms with Gasteiger partial charge in [0.05, 0.1) is 11.6 Å². The molecule has 3 atom stereocenters. The molecule has 0 saturated carbocycles. The lowest BCUT2D eigenvalue weighted by molar-refractivity contribution is 0.0306. The lowest BCUT2D eigenvalue weighted by Crippen LogP contribution is -2.57. The third-order valence-corrected chi connectivity index (χ3v) is 5.52. The monoisotopic (exact) mass is 380 g/mol. The summed E-state index contributed by atoms with van der Waals surface area (Å²) in [5.74, 6) is -0.698. The number of phenolic OH excluding ortho intramolecular Hbond substituents is 1. The normalized spacial score (nSPS) is 21.9. The molecule has 0 aromatic heterocycles. The molecule has 5 nitrogen and oxygen atoms in total. The molecule has 3 rings (SSSR count). The maximum Gasteiger partial charge on any atom is 0.335 e. The fourth-order valence-corrected chi connectivity index (χ4v) is 4.08. The van der Waals surface area contributed by atoms with E-state index in [0.29, 0.717) is 12.1 Å². The molecule has 1 aliphatic rings. The van der Waals surface area contributed by atoms with Gasteiger partial charge < -0.3 is 10.2 Å². The quantitative estimate of drug-likeness (QED) is 0.747. The van der Waals surface area contributed by atoms with E-state index in [1.165, 1.54) is 0 Å². The van der Waals surface area contributed by atoms with E-state index in [-0.39, 0.29) is 17.4 Å². The Morgan fingerprint density at radius 3 is 2.46 bits per heavy atom. The van der Waals surface area contributed by atoms with Crippen molar-refractivity contribution in [1.82, 2.24) is 9.80 Å². The Bertz CT molecular complexity index is 834. The van der Waals surface area contributed by atoms with Gasteiger partial charge in [0.1, 0.15) is 5.75 Å². The average Bonchev–Trinajstić information content (AvgIpc) is 2.66. The van der Waals surface area contributed by atoms with E-state index in [1.54, 1.807) is 24.3 Å². The van der Waals surface area contributed by atoms with Gasteiger partial charge in [-0.1, -0.05) is 30.3 Å². The number of carbonyl (C=O) groups is 1. The number of phenols is 1. The summed E-state index contributed by atoms with van der Waals surface area (Å²) < 4.78 is 0. The molecule has 2 N–H and O–H groups in total. The summed E-state index contributed by atoms with van der Waals surface area (Å²) in [5, 5.41) is 19.3. The molecule has 0 bridgehead atoms. The Balaban J connectivity index is 1.99. The van der Waals surface area contributed by atoms with Gasteiger partial charge in [0.15, 0.2) is 0 Å². The SMILES string of the molecule is C=CCN1C[C@@H](C)N(C(c2ccc(C(=O)O)cc2)c2cccc(O)c2)C[C@H]1C. The lowest BCUT2D eigenvalue weighted by Gasteiger charge is -2.47. The number of nitrogens with zero attached hydrogens (tertiary/aromatic N) is 2. The number of piperazine rings is 1. The Morgan fingerprint density at radius 2 is 1.86 bits per heavy atom. The van der Waals surface area contributed by atoms with Crippen molar-refractivity contribution >= 4 is 5.97 Å². The fraction of sp³-hybridized carbons (Fsp3) is 0.348. The van der Waals surface area contributed by atoms with E-state index in [1.807, 2.05) is 30.3 Å². The first-order valence-electron chi connectivity index (χ1n) is 9.63. The third kappa shape index (κ3) is 4.26. The van der Waals surface area contributed by atoms with Crippen LogP contribution < -0.4 is 0 Å². The summed E-state index contributed by atoms with van der Waals surface area (Å²) >= 11 is 0. The zero-order valence-corrected chi connectivity index (χ0v) is 16.5. The number of hydrogen-bond donors (Lipinski definition) is 2. The van der Waals surface area contributed by atoms with Crippen molar-refractivity contribution in [3.8, 4) is 5.75 Å². The molecule has 5 heteroatoms. The summed E-state index contributed by atoms with van der Waals surface area (Å²) in [6.07, 6.45) is 1.94. The van der Waals surface area contributed by atoms with Gasteiger partial charge >= 0.3 is 5.97 Å². The number of aromatic hydroxyl groups is 1. The van der Waals surface area contributed by atoms with E-state index in [4.69, 9.17) is 0 Å². The molecule has 0 spiro atoms. The molecule has 1 saturated heterocycles. The molecular formula is C23H28N2O3. The van der Waals surface area contributed by atoms with E-state index >= 15 is 0 Å². The van der Waals surface area contributed by atoms with Gasteiger partial charge in [-0.25, -0.2) is 4.79 Å². The van der Waals surface area contributed by atoms with Crippen LogP contribution in [0.5, 0.6) is 5.75 Å². The topological polar surface area (TPSA) is 64.0 Å². The van der Waals surface area contributed by atoms with Gasteiger partial charge in [-0.05, 0) is 49.2 Å². The van der Waals surface area contributed by atoms with Crippen molar-refractivity contribution in [2.24, 2.45) is 0 Å². The van der Waals surface area contributed by atoms with Gasteiger partial charge in [0.25, 0.3) is 0 Å². The van der Waals surface area contributed by atoms with Crippen LogP contribution in [0.1, 0.15) is 41.4 Å². The number of benzene rings is 2. The molecule has 1 heterocycles. The molecule has 0 radical (unpaired) electrons. The van der Waals surface area contributed by atoms with Crippen LogP contribution in [0, 0.1) is 0 Å². The molecule has 1 unspecified atom stereocenters. The van der Waals surface area contributed by atoms with Crippen LogP contribution in [-0.2, 0) is 0 Å². The minimum Gasteiger partial charge on any atom is -0.508 e. The fourth-order valence-electron chi connectivity index (χ4n) is 4.08. The molecule has 1 fully saturated rings. The van der Waals surface area contributed by atoms with Gasteiger partial charge in [-0.3, -0.25) is 9.80 Å². The summed E-state index contributed by atoms with van der Waals surface area (Å²) in [4.78, 5) is 16.1. The highest BCUT2D eigenvalue weighted by Gasteiger charge is 2.34. The standard InChI is InChI=1S/C23H28N2O3/c1-4-12-24-14-17(3)25(15-16(24)2)22(20-6-5-7-21(26)13-20)18-8-10-19(11-9-18)23(27)28/h4-11,13,16-17,22,26H,1,12,14-15H2,2-3H3,(H,27,28)/t16-,17-,22?/m1/s1. The van der Waals surface area contributed by atoms with Crippen molar-refractivity contribution in [2.45, 2.75) is 32.0 Å². The van der Waals surface area contributed by atoms with Gasteiger partial charge in [0.2, 0.25) is 0 Å². The molecule has 148 valence electrons. The second-order valence-electron chi connectivity index (χ2n) is 7.56. The van der Waals surface area contributed by atoms with Crippen LogP contribution in [0.4, 0.5) is 0 Å². The average molecular weight is 380 g/mol. The number of rotatable bonds is 6. The van der Waals surface area contributed by atoms with Crippen LogP contribution in [0.25, 0.3) is 0 Å². The molecule has 28 heavy (non-hydrogen) atoms. The highest BCUT2D eigenvalue weighted by atomic mass is 16.4. The minimum atomic E-state index is -0.930. The van der Waals surface area contributed by atoms with E-state index < -0.39 is 5.97 Å². The van der Waals surface area contributed by atoms with E-state index in [0.717, 1.165) is 30.8 Å². The first-order chi connectivity index (χ1) is 13.4. The maximum atomic E-state index is 11.2. The second kappa shape index (κ2) is 8.59. The maximum absolute atomic E-state index is 11.2. The first-order valence-corrected chi connectivity index (χ1v) is 9.63. The van der Waals surface area contributed by atoms with Crippen LogP contribution >= 0.6 is 0 Å². The third-order valence-electron chi connectivity index (χ3n) is 5.52. The number of carboxylic acids is 1. The van der Waals surface area contributed by atoms with Crippen LogP contribution in [0.2, 0.25) is 0 Å². The van der Waals surface area contributed by atoms with Gasteiger partial charge in [-0.2, -0.15) is 0 Å². The lowest BCUT2D eigenvalue weighted by atomic mass is 9.93. The Kier molecular flexibility index (Phi) is 6.17. The summed E-state index contributed by atoms with van der Waals surface area (Å²) in [6, 6.07) is 15.0. The first kappa shape index (κ1) is 20.1. The summed E-state index contributed by atoms with van der Waals surface area (Å²) in [7, 11) is 0. The predicted molar refractivity (Wildman–Crippen MR) is 111 cm³/mol. The van der Waals surface area contributed by atoms with Crippen molar-refractivity contribution in [3.63, 3.8) is 0 Å².